The second kappa shape index (κ2) is 5.82. The number of fused-ring (bicyclic) bond motifs is 1. The zero-order valence-electron chi connectivity index (χ0n) is 12.0. The van der Waals surface area contributed by atoms with Crippen molar-refractivity contribution in [1.29, 1.82) is 0 Å². The summed E-state index contributed by atoms with van der Waals surface area (Å²) in [6, 6.07) is 16.1. The van der Waals surface area contributed by atoms with Crippen LogP contribution in [0.4, 0.5) is 11.5 Å². The van der Waals surface area contributed by atoms with E-state index in [4.69, 9.17) is 0 Å². The van der Waals surface area contributed by atoms with Crippen molar-refractivity contribution in [2.24, 2.45) is 0 Å². The maximum absolute atomic E-state index is 4.68. The Morgan fingerprint density at radius 1 is 0.952 bits per heavy atom. The van der Waals surface area contributed by atoms with Crippen LogP contribution < -0.4 is 5.32 Å². The number of aromatic nitrogens is 2. The Hall–Kier alpha value is -1.94. The third kappa shape index (κ3) is 3.05. The van der Waals surface area contributed by atoms with Crippen LogP contribution in [-0.4, -0.2) is 9.97 Å². The van der Waals surface area contributed by atoms with Gasteiger partial charge in [0.2, 0.25) is 0 Å². The molecule has 0 spiro atoms. The molecular weight excluding hydrogens is 326 g/mol. The lowest BCUT2D eigenvalue weighted by atomic mass is 10.1. The van der Waals surface area contributed by atoms with E-state index in [1.165, 1.54) is 0 Å². The smallest absolute Gasteiger partial charge is 0.142 e. The summed E-state index contributed by atoms with van der Waals surface area (Å²) in [6.45, 7) is 4.21. The van der Waals surface area contributed by atoms with E-state index < -0.39 is 0 Å². The summed E-state index contributed by atoms with van der Waals surface area (Å²) < 4.78 is 1.06. The van der Waals surface area contributed by atoms with Crippen molar-refractivity contribution < 1.29 is 0 Å². The third-order valence-electron chi connectivity index (χ3n) is 3.24. The molecular formula is C17H16BrN3. The van der Waals surface area contributed by atoms with E-state index >= 15 is 0 Å². The van der Waals surface area contributed by atoms with Gasteiger partial charge in [0.15, 0.2) is 0 Å². The molecule has 0 fully saturated rings. The predicted molar refractivity (Wildman–Crippen MR) is 91.1 cm³/mol. The fourth-order valence-electron chi connectivity index (χ4n) is 2.12. The van der Waals surface area contributed by atoms with Gasteiger partial charge in [0.1, 0.15) is 11.6 Å². The molecule has 0 bridgehead atoms. The molecule has 3 nitrogen and oxygen atoms in total. The minimum atomic E-state index is 0.292. The molecule has 0 radical (unpaired) electrons. The topological polar surface area (TPSA) is 37.8 Å². The van der Waals surface area contributed by atoms with Crippen molar-refractivity contribution in [1.82, 2.24) is 9.97 Å². The zero-order chi connectivity index (χ0) is 14.8. The SMILES string of the molecule is CC(C)c1nc(Nc2ccc(Br)cc2)c2ccccc2n1. The molecule has 4 heteroatoms. The number of nitrogens with zero attached hydrogens (tertiary/aromatic N) is 2. The molecule has 0 aliphatic rings. The van der Waals surface area contributed by atoms with E-state index in [1.807, 2.05) is 48.5 Å². The van der Waals surface area contributed by atoms with Gasteiger partial charge < -0.3 is 5.32 Å². The number of rotatable bonds is 3. The highest BCUT2D eigenvalue weighted by Gasteiger charge is 2.10. The monoisotopic (exact) mass is 341 g/mol. The van der Waals surface area contributed by atoms with E-state index in [0.717, 1.165) is 32.7 Å². The predicted octanol–water partition coefficient (Wildman–Crippen LogP) is 5.26. The first-order valence-corrected chi connectivity index (χ1v) is 7.72. The lowest BCUT2D eigenvalue weighted by Crippen LogP contribution is -2.03. The lowest BCUT2D eigenvalue weighted by Gasteiger charge is -2.12. The Morgan fingerprint density at radius 3 is 2.38 bits per heavy atom. The Balaban J connectivity index is 2.09. The van der Waals surface area contributed by atoms with Crippen molar-refractivity contribution in [3.05, 3.63) is 58.8 Å². The second-order valence-corrected chi connectivity index (χ2v) is 6.15. The molecule has 0 unspecified atom stereocenters. The first kappa shape index (κ1) is 14.0. The third-order valence-corrected chi connectivity index (χ3v) is 3.77. The lowest BCUT2D eigenvalue weighted by molar-refractivity contribution is 0.785. The van der Waals surface area contributed by atoms with Gasteiger partial charge in [-0.05, 0) is 36.4 Å². The van der Waals surface area contributed by atoms with Crippen molar-refractivity contribution in [3.8, 4) is 0 Å². The molecule has 0 aliphatic heterocycles. The summed E-state index contributed by atoms with van der Waals surface area (Å²) >= 11 is 3.45. The van der Waals surface area contributed by atoms with Crippen molar-refractivity contribution in [2.75, 3.05) is 5.32 Å². The number of halogens is 1. The molecule has 0 saturated carbocycles. The first-order chi connectivity index (χ1) is 10.1. The number of nitrogens with one attached hydrogen (secondary N) is 1. The number of hydrogen-bond donors (Lipinski definition) is 1. The molecule has 1 aromatic heterocycles. The van der Waals surface area contributed by atoms with Gasteiger partial charge in [-0.15, -0.1) is 0 Å². The summed E-state index contributed by atoms with van der Waals surface area (Å²) in [5, 5.41) is 4.43. The summed E-state index contributed by atoms with van der Waals surface area (Å²) in [7, 11) is 0. The Kier molecular flexibility index (Phi) is 3.88. The Bertz CT molecular complexity index is 767. The van der Waals surface area contributed by atoms with Crippen LogP contribution in [-0.2, 0) is 0 Å². The van der Waals surface area contributed by atoms with E-state index in [0.29, 0.717) is 5.92 Å². The zero-order valence-corrected chi connectivity index (χ0v) is 13.6. The molecule has 0 atom stereocenters. The molecule has 1 heterocycles. The van der Waals surface area contributed by atoms with Crippen LogP contribution in [0.25, 0.3) is 10.9 Å². The average Bonchev–Trinajstić information content (AvgIpc) is 2.49. The van der Waals surface area contributed by atoms with Crippen LogP contribution in [0, 0.1) is 0 Å². The molecule has 106 valence electrons. The molecule has 0 amide bonds. The van der Waals surface area contributed by atoms with E-state index in [1.54, 1.807) is 0 Å². The fraction of sp³-hybridized carbons (Fsp3) is 0.176. The summed E-state index contributed by atoms with van der Waals surface area (Å²) in [5.74, 6) is 2.00. The minimum Gasteiger partial charge on any atom is -0.340 e. The highest BCUT2D eigenvalue weighted by Crippen LogP contribution is 2.26. The van der Waals surface area contributed by atoms with Crippen LogP contribution in [0.2, 0.25) is 0 Å². The quantitative estimate of drug-likeness (QED) is 0.706. The fourth-order valence-corrected chi connectivity index (χ4v) is 2.38. The number of benzene rings is 2. The first-order valence-electron chi connectivity index (χ1n) is 6.93. The van der Waals surface area contributed by atoms with Crippen LogP contribution in [0.5, 0.6) is 0 Å². The van der Waals surface area contributed by atoms with E-state index in [2.05, 4.69) is 45.1 Å². The minimum absolute atomic E-state index is 0.292. The van der Waals surface area contributed by atoms with Crippen molar-refractivity contribution >= 4 is 38.3 Å². The van der Waals surface area contributed by atoms with Gasteiger partial charge in [0.25, 0.3) is 0 Å². The van der Waals surface area contributed by atoms with Gasteiger partial charge in [0.05, 0.1) is 5.52 Å². The van der Waals surface area contributed by atoms with Gasteiger partial charge in [-0.2, -0.15) is 0 Å². The number of para-hydroxylation sites is 1. The normalized spacial score (nSPS) is 11.0. The molecule has 0 saturated heterocycles. The van der Waals surface area contributed by atoms with Crippen LogP contribution in [0.15, 0.2) is 53.0 Å². The largest absolute Gasteiger partial charge is 0.340 e. The molecule has 21 heavy (non-hydrogen) atoms. The van der Waals surface area contributed by atoms with Gasteiger partial charge in [-0.1, -0.05) is 41.9 Å². The Labute approximate surface area is 132 Å². The molecule has 3 aromatic rings. The maximum Gasteiger partial charge on any atom is 0.142 e. The van der Waals surface area contributed by atoms with Crippen molar-refractivity contribution in [3.63, 3.8) is 0 Å². The highest BCUT2D eigenvalue weighted by atomic mass is 79.9. The van der Waals surface area contributed by atoms with E-state index in [9.17, 15) is 0 Å². The number of hydrogen-bond acceptors (Lipinski definition) is 3. The van der Waals surface area contributed by atoms with Gasteiger partial charge in [-0.25, -0.2) is 9.97 Å². The van der Waals surface area contributed by atoms with Crippen LogP contribution >= 0.6 is 15.9 Å². The number of anilines is 2. The highest BCUT2D eigenvalue weighted by molar-refractivity contribution is 9.10. The standard InChI is InChI=1S/C17H16BrN3/c1-11(2)16-20-15-6-4-3-5-14(15)17(21-16)19-13-9-7-12(18)8-10-13/h3-11H,1-2H3,(H,19,20,21). The maximum atomic E-state index is 4.68. The summed E-state index contributed by atoms with van der Waals surface area (Å²) in [5.41, 5.74) is 1.98. The van der Waals surface area contributed by atoms with Crippen LogP contribution in [0.3, 0.4) is 0 Å². The Morgan fingerprint density at radius 2 is 1.67 bits per heavy atom. The van der Waals surface area contributed by atoms with E-state index in [-0.39, 0.29) is 0 Å². The van der Waals surface area contributed by atoms with Gasteiger partial charge in [0, 0.05) is 21.5 Å². The summed E-state index contributed by atoms with van der Waals surface area (Å²) in [4.78, 5) is 9.32. The van der Waals surface area contributed by atoms with Crippen molar-refractivity contribution in [2.45, 2.75) is 19.8 Å². The molecule has 1 N–H and O–H groups in total. The molecule has 2 aromatic carbocycles. The molecule has 3 rings (SSSR count). The van der Waals surface area contributed by atoms with Gasteiger partial charge >= 0.3 is 0 Å². The van der Waals surface area contributed by atoms with Gasteiger partial charge in [-0.3, -0.25) is 0 Å². The second-order valence-electron chi connectivity index (χ2n) is 5.23. The molecule has 0 aliphatic carbocycles. The van der Waals surface area contributed by atoms with Crippen LogP contribution in [0.1, 0.15) is 25.6 Å². The summed E-state index contributed by atoms with van der Waals surface area (Å²) in [6.07, 6.45) is 0. The average molecular weight is 342 g/mol.